The summed E-state index contributed by atoms with van der Waals surface area (Å²) in [5.74, 6) is 0.117. The smallest absolute Gasteiger partial charge is 0.164 e. The highest BCUT2D eigenvalue weighted by Crippen LogP contribution is 2.35. The Morgan fingerprint density at radius 1 is 1.29 bits per heavy atom. The van der Waals surface area contributed by atoms with Gasteiger partial charge in [-0.15, -0.1) is 11.8 Å². The molecule has 0 fully saturated rings. The third-order valence-electron chi connectivity index (χ3n) is 2.01. The third kappa shape index (κ3) is 4.74. The highest BCUT2D eigenvalue weighted by atomic mass is 79.9. The molecular weight excluding hydrogens is 412 g/mol. The molecule has 0 radical (unpaired) electrons. The molecule has 0 heterocycles. The molecule has 96 valence electrons. The van der Waals surface area contributed by atoms with E-state index in [0.717, 1.165) is 4.90 Å². The summed E-state index contributed by atoms with van der Waals surface area (Å²) in [6.45, 7) is 1.64. The van der Waals surface area contributed by atoms with E-state index in [0.29, 0.717) is 5.02 Å². The zero-order chi connectivity index (χ0) is 13.1. The second-order valence-corrected chi connectivity index (χ2v) is 10.5. The first-order valence-corrected chi connectivity index (χ1v) is 9.59. The van der Waals surface area contributed by atoms with Crippen LogP contribution >= 0.6 is 55.2 Å². The fraction of sp³-hybridized carbons (Fsp3) is 0.400. The van der Waals surface area contributed by atoms with Crippen molar-refractivity contribution < 1.29 is 8.42 Å². The van der Waals surface area contributed by atoms with E-state index < -0.39 is 14.0 Å². The number of alkyl halides is 2. The topological polar surface area (TPSA) is 34.1 Å². The number of thioether (sulfide) groups is 1. The molecule has 0 aromatic heterocycles. The predicted molar refractivity (Wildman–Crippen MR) is 82.2 cm³/mol. The lowest BCUT2D eigenvalue weighted by atomic mass is 10.4. The van der Waals surface area contributed by atoms with E-state index in [1.54, 1.807) is 19.1 Å². The standard InChI is InChI=1S/C10H11Br2ClO2S2/c1-2-17(14,15)10(12)9(11)16-8-5-3-7(13)4-6-8/h3-6,9-10H,2H2,1H3. The SMILES string of the molecule is CCS(=O)(=O)C(Br)C(Br)Sc1ccc(Cl)cc1. The largest absolute Gasteiger partial charge is 0.228 e. The zero-order valence-electron chi connectivity index (χ0n) is 8.94. The molecule has 0 aliphatic carbocycles. The second kappa shape index (κ2) is 6.80. The summed E-state index contributed by atoms with van der Waals surface area (Å²) in [5, 5.41) is 0.664. The van der Waals surface area contributed by atoms with Crippen LogP contribution in [0.15, 0.2) is 29.2 Å². The van der Waals surface area contributed by atoms with Crippen molar-refractivity contribution in [2.45, 2.75) is 20.1 Å². The van der Waals surface area contributed by atoms with Gasteiger partial charge >= 0.3 is 0 Å². The third-order valence-corrected chi connectivity index (χ3v) is 9.98. The minimum atomic E-state index is -3.10. The van der Waals surface area contributed by atoms with Crippen molar-refractivity contribution in [3.05, 3.63) is 29.3 Å². The summed E-state index contributed by atoms with van der Waals surface area (Å²) in [5.41, 5.74) is 0. The first-order chi connectivity index (χ1) is 7.86. The van der Waals surface area contributed by atoms with Gasteiger partial charge in [0.1, 0.15) is 4.16 Å². The number of sulfone groups is 1. The van der Waals surface area contributed by atoms with Crippen LogP contribution in [0.1, 0.15) is 6.92 Å². The van der Waals surface area contributed by atoms with Crippen LogP contribution in [0, 0.1) is 0 Å². The van der Waals surface area contributed by atoms with Gasteiger partial charge in [-0.25, -0.2) is 8.42 Å². The van der Waals surface area contributed by atoms with Gasteiger partial charge in [0.25, 0.3) is 0 Å². The molecule has 1 rings (SSSR count). The van der Waals surface area contributed by atoms with Crippen molar-refractivity contribution >= 4 is 65.1 Å². The van der Waals surface area contributed by atoms with Gasteiger partial charge in [0.15, 0.2) is 9.84 Å². The Kier molecular flexibility index (Phi) is 6.33. The second-order valence-electron chi connectivity index (χ2n) is 3.23. The molecule has 0 aliphatic heterocycles. The number of benzene rings is 1. The van der Waals surface area contributed by atoms with Crippen molar-refractivity contribution in [2.24, 2.45) is 0 Å². The molecule has 2 nitrogen and oxygen atoms in total. The molecule has 17 heavy (non-hydrogen) atoms. The van der Waals surface area contributed by atoms with Gasteiger partial charge in [0.05, 0.1) is 4.16 Å². The molecule has 2 atom stereocenters. The van der Waals surface area contributed by atoms with Gasteiger partial charge in [-0.2, -0.15) is 0 Å². The minimum absolute atomic E-state index is 0.117. The lowest BCUT2D eigenvalue weighted by molar-refractivity contribution is 0.596. The molecule has 0 saturated carbocycles. The van der Waals surface area contributed by atoms with E-state index in [9.17, 15) is 8.42 Å². The Hall–Kier alpha value is 0.770. The molecule has 1 aromatic carbocycles. The average molecular weight is 423 g/mol. The lowest BCUT2D eigenvalue weighted by Gasteiger charge is -2.16. The summed E-state index contributed by atoms with van der Waals surface area (Å²) in [7, 11) is -3.10. The molecule has 1 aromatic rings. The van der Waals surface area contributed by atoms with Gasteiger partial charge in [-0.3, -0.25) is 0 Å². The van der Waals surface area contributed by atoms with Crippen LogP contribution in [-0.4, -0.2) is 22.5 Å². The van der Waals surface area contributed by atoms with Crippen LogP contribution in [0.5, 0.6) is 0 Å². The van der Waals surface area contributed by atoms with Crippen LogP contribution in [0.4, 0.5) is 0 Å². The molecule has 7 heteroatoms. The Morgan fingerprint density at radius 3 is 2.29 bits per heavy atom. The van der Waals surface area contributed by atoms with Crippen LogP contribution in [-0.2, 0) is 9.84 Å². The first-order valence-electron chi connectivity index (χ1n) is 4.78. The Balaban J connectivity index is 2.73. The van der Waals surface area contributed by atoms with Crippen molar-refractivity contribution in [1.29, 1.82) is 0 Å². The fourth-order valence-electron chi connectivity index (χ4n) is 1.02. The van der Waals surface area contributed by atoms with E-state index in [2.05, 4.69) is 31.9 Å². The van der Waals surface area contributed by atoms with Crippen LogP contribution in [0.3, 0.4) is 0 Å². The quantitative estimate of drug-likeness (QED) is 0.524. The highest BCUT2D eigenvalue weighted by molar-refractivity contribution is 9.14. The summed E-state index contributed by atoms with van der Waals surface area (Å²) in [6.07, 6.45) is 0. The molecule has 0 bridgehead atoms. The van der Waals surface area contributed by atoms with E-state index >= 15 is 0 Å². The van der Waals surface area contributed by atoms with Crippen molar-refractivity contribution in [3.63, 3.8) is 0 Å². The van der Waals surface area contributed by atoms with E-state index in [-0.39, 0.29) is 9.91 Å². The van der Waals surface area contributed by atoms with Gasteiger partial charge in [0.2, 0.25) is 0 Å². The summed E-state index contributed by atoms with van der Waals surface area (Å²) < 4.78 is 22.5. The average Bonchev–Trinajstić information content (AvgIpc) is 2.31. The van der Waals surface area contributed by atoms with Crippen LogP contribution in [0.2, 0.25) is 5.02 Å². The maximum Gasteiger partial charge on any atom is 0.164 e. The fourth-order valence-corrected chi connectivity index (χ4v) is 5.87. The Morgan fingerprint density at radius 2 is 1.82 bits per heavy atom. The van der Waals surface area contributed by atoms with Crippen molar-refractivity contribution in [3.8, 4) is 0 Å². The molecule has 2 unspecified atom stereocenters. The number of hydrogen-bond donors (Lipinski definition) is 0. The van der Waals surface area contributed by atoms with E-state index in [4.69, 9.17) is 11.6 Å². The Bertz CT molecular complexity index is 462. The normalized spacial score (nSPS) is 15.5. The zero-order valence-corrected chi connectivity index (χ0v) is 14.5. The van der Waals surface area contributed by atoms with Gasteiger partial charge in [0, 0.05) is 15.7 Å². The van der Waals surface area contributed by atoms with Crippen LogP contribution in [0.25, 0.3) is 0 Å². The minimum Gasteiger partial charge on any atom is -0.228 e. The first kappa shape index (κ1) is 15.8. The number of rotatable bonds is 5. The molecule has 0 aliphatic rings. The van der Waals surface area contributed by atoms with Gasteiger partial charge in [-0.05, 0) is 24.3 Å². The maximum atomic E-state index is 11.7. The molecular formula is C10H11Br2ClO2S2. The molecule has 0 saturated heterocycles. The number of hydrogen-bond acceptors (Lipinski definition) is 3. The summed E-state index contributed by atoms with van der Waals surface area (Å²) >= 11 is 13.8. The molecule has 0 N–H and O–H groups in total. The molecule has 0 amide bonds. The number of halogens is 3. The maximum absolute atomic E-state index is 11.7. The Labute approximate surface area is 128 Å². The summed E-state index contributed by atoms with van der Waals surface area (Å²) in [4.78, 5) is 0.965. The highest BCUT2D eigenvalue weighted by Gasteiger charge is 2.28. The lowest BCUT2D eigenvalue weighted by Crippen LogP contribution is -2.23. The van der Waals surface area contributed by atoms with E-state index in [1.165, 1.54) is 11.8 Å². The van der Waals surface area contributed by atoms with Gasteiger partial charge in [-0.1, -0.05) is 50.4 Å². The summed E-state index contributed by atoms with van der Waals surface area (Å²) in [6, 6.07) is 7.28. The van der Waals surface area contributed by atoms with Crippen molar-refractivity contribution in [2.75, 3.05) is 5.75 Å². The predicted octanol–water partition coefficient (Wildman–Crippen LogP) is 4.31. The van der Waals surface area contributed by atoms with E-state index in [1.807, 2.05) is 12.1 Å². The van der Waals surface area contributed by atoms with Crippen LogP contribution < -0.4 is 0 Å². The van der Waals surface area contributed by atoms with Gasteiger partial charge < -0.3 is 0 Å². The molecule has 0 spiro atoms. The monoisotopic (exact) mass is 420 g/mol. The van der Waals surface area contributed by atoms with Crippen molar-refractivity contribution in [1.82, 2.24) is 0 Å².